The van der Waals surface area contributed by atoms with E-state index in [1.165, 1.54) is 0 Å². The smallest absolute Gasteiger partial charge is 0.257 e. The van der Waals surface area contributed by atoms with Crippen LogP contribution in [0.15, 0.2) is 67.3 Å². The molecule has 0 unspecified atom stereocenters. The number of pyridine rings is 2. The molecular weight excluding hydrogens is 406 g/mol. The number of aromatic nitrogens is 4. The number of nitrogens with zero attached hydrogens (tertiary/aromatic N) is 4. The Morgan fingerprint density at radius 3 is 2.78 bits per heavy atom. The fraction of sp³-hybridized carbons (Fsp3) is 0.250. The summed E-state index contributed by atoms with van der Waals surface area (Å²) < 4.78 is 13.4. The van der Waals surface area contributed by atoms with E-state index in [9.17, 15) is 4.79 Å². The Hall–Kier alpha value is -3.78. The van der Waals surface area contributed by atoms with Crippen LogP contribution in [0.1, 0.15) is 34.9 Å². The fourth-order valence-electron chi connectivity index (χ4n) is 3.80. The van der Waals surface area contributed by atoms with E-state index in [1.807, 2.05) is 36.4 Å². The Morgan fingerprint density at radius 2 is 1.94 bits per heavy atom. The van der Waals surface area contributed by atoms with E-state index in [1.54, 1.807) is 30.9 Å². The number of anilines is 1. The Morgan fingerprint density at radius 1 is 1.09 bits per heavy atom. The molecule has 1 amide bonds. The van der Waals surface area contributed by atoms with Gasteiger partial charge in [0.25, 0.3) is 5.91 Å². The average molecular weight is 429 g/mol. The number of para-hydroxylation sites is 2. The number of rotatable bonds is 6. The van der Waals surface area contributed by atoms with Gasteiger partial charge in [0, 0.05) is 31.6 Å². The van der Waals surface area contributed by atoms with Crippen molar-refractivity contribution in [2.24, 2.45) is 0 Å². The maximum absolute atomic E-state index is 12.9. The molecule has 1 aliphatic rings. The number of imidazole rings is 1. The van der Waals surface area contributed by atoms with Crippen molar-refractivity contribution < 1.29 is 14.3 Å². The van der Waals surface area contributed by atoms with Crippen molar-refractivity contribution in [3.8, 4) is 5.75 Å². The highest BCUT2D eigenvalue weighted by Gasteiger charge is 2.19. The number of hydrogen-bond donors (Lipinski definition) is 1. The monoisotopic (exact) mass is 429 g/mol. The molecule has 32 heavy (non-hydrogen) atoms. The lowest BCUT2D eigenvalue weighted by Gasteiger charge is -2.23. The van der Waals surface area contributed by atoms with Crippen LogP contribution in [-0.4, -0.2) is 38.6 Å². The first-order chi connectivity index (χ1) is 15.8. The van der Waals surface area contributed by atoms with E-state index >= 15 is 0 Å². The van der Waals surface area contributed by atoms with Crippen molar-refractivity contribution in [2.45, 2.75) is 25.5 Å². The van der Waals surface area contributed by atoms with Gasteiger partial charge < -0.3 is 19.4 Å². The second-order valence-electron chi connectivity index (χ2n) is 7.62. The molecule has 8 heteroatoms. The Balaban J connectivity index is 1.32. The lowest BCUT2D eigenvalue weighted by molar-refractivity contribution is 0.0704. The third kappa shape index (κ3) is 4.31. The number of carbonyl (C=O) groups is 1. The summed E-state index contributed by atoms with van der Waals surface area (Å²) in [7, 11) is 0. The summed E-state index contributed by atoms with van der Waals surface area (Å²) in [5.41, 5.74) is 3.32. The highest BCUT2D eigenvalue weighted by molar-refractivity contribution is 6.06. The molecule has 4 aromatic rings. The summed E-state index contributed by atoms with van der Waals surface area (Å²) in [4.78, 5) is 26.2. The van der Waals surface area contributed by atoms with Crippen LogP contribution in [0, 0.1) is 0 Å². The topological polar surface area (TPSA) is 91.2 Å². The molecule has 0 atom stereocenters. The number of nitrogens with one attached hydrogen (secondary N) is 1. The summed E-state index contributed by atoms with van der Waals surface area (Å²) in [6, 6.07) is 15.1. The van der Waals surface area contributed by atoms with Crippen LogP contribution >= 0.6 is 0 Å². The predicted molar refractivity (Wildman–Crippen MR) is 120 cm³/mol. The number of carbonyl (C=O) groups excluding carboxylic acids is 1. The van der Waals surface area contributed by atoms with E-state index in [4.69, 9.17) is 9.47 Å². The van der Waals surface area contributed by atoms with Crippen molar-refractivity contribution in [2.75, 3.05) is 18.5 Å². The van der Waals surface area contributed by atoms with Crippen LogP contribution < -0.4 is 10.1 Å². The first-order valence-electron chi connectivity index (χ1n) is 10.6. The zero-order valence-electron chi connectivity index (χ0n) is 17.5. The van der Waals surface area contributed by atoms with Gasteiger partial charge in [0.15, 0.2) is 5.65 Å². The molecule has 0 spiro atoms. The van der Waals surface area contributed by atoms with Gasteiger partial charge in [-0.3, -0.25) is 9.78 Å². The standard InChI is InChI=1S/C24H23N5O3/c30-24(28-20-6-1-2-7-22(20)32-15-18-5-3-4-10-25-18)17-13-21-23(26-14-17)29(16-27-21)19-8-11-31-12-9-19/h1-7,10,13-14,16,19H,8-9,11-12,15H2,(H,28,30). The minimum atomic E-state index is -0.270. The third-order valence-corrected chi connectivity index (χ3v) is 5.50. The molecule has 1 saturated heterocycles. The van der Waals surface area contributed by atoms with E-state index in [-0.39, 0.29) is 5.91 Å². The predicted octanol–water partition coefficient (Wildman–Crippen LogP) is 4.01. The summed E-state index contributed by atoms with van der Waals surface area (Å²) in [5.74, 6) is 0.304. The summed E-state index contributed by atoms with van der Waals surface area (Å²) in [6.45, 7) is 1.80. The van der Waals surface area contributed by atoms with Gasteiger partial charge in [0.2, 0.25) is 0 Å². The highest BCUT2D eigenvalue weighted by atomic mass is 16.5. The molecule has 1 aliphatic heterocycles. The molecule has 0 radical (unpaired) electrons. The molecule has 0 aliphatic carbocycles. The molecule has 5 rings (SSSR count). The lowest BCUT2D eigenvalue weighted by Crippen LogP contribution is -2.19. The number of hydrogen-bond acceptors (Lipinski definition) is 6. The van der Waals surface area contributed by atoms with Crippen molar-refractivity contribution in [3.05, 3.63) is 78.5 Å². The first-order valence-corrected chi connectivity index (χ1v) is 10.6. The van der Waals surface area contributed by atoms with Crippen molar-refractivity contribution in [3.63, 3.8) is 0 Å². The summed E-state index contributed by atoms with van der Waals surface area (Å²) in [5, 5.41) is 2.92. The van der Waals surface area contributed by atoms with E-state index < -0.39 is 0 Å². The molecule has 4 heterocycles. The Bertz CT molecular complexity index is 1220. The zero-order chi connectivity index (χ0) is 21.8. The molecule has 1 fully saturated rings. The van der Waals surface area contributed by atoms with Gasteiger partial charge in [-0.05, 0) is 43.2 Å². The van der Waals surface area contributed by atoms with Crippen LogP contribution in [-0.2, 0) is 11.3 Å². The van der Waals surface area contributed by atoms with Crippen LogP contribution in [0.3, 0.4) is 0 Å². The van der Waals surface area contributed by atoms with Crippen molar-refractivity contribution >= 4 is 22.8 Å². The molecule has 162 valence electrons. The fourth-order valence-corrected chi connectivity index (χ4v) is 3.80. The molecule has 1 aromatic carbocycles. The van der Waals surface area contributed by atoms with Gasteiger partial charge in [-0.2, -0.15) is 0 Å². The SMILES string of the molecule is O=C(Nc1ccccc1OCc1ccccn1)c1cnc2c(c1)ncn2C1CCOCC1. The minimum absolute atomic E-state index is 0.270. The maximum Gasteiger partial charge on any atom is 0.257 e. The minimum Gasteiger partial charge on any atom is -0.485 e. The second-order valence-corrected chi connectivity index (χ2v) is 7.62. The van der Waals surface area contributed by atoms with Crippen molar-refractivity contribution in [1.82, 2.24) is 19.5 Å². The van der Waals surface area contributed by atoms with Crippen LogP contribution in [0.4, 0.5) is 5.69 Å². The normalized spacial score (nSPS) is 14.4. The van der Waals surface area contributed by atoms with Gasteiger partial charge in [-0.1, -0.05) is 18.2 Å². The lowest BCUT2D eigenvalue weighted by atomic mass is 10.1. The van der Waals surface area contributed by atoms with E-state index in [2.05, 4.69) is 24.8 Å². The number of ether oxygens (including phenoxy) is 2. The average Bonchev–Trinajstić information content (AvgIpc) is 3.28. The van der Waals surface area contributed by atoms with Gasteiger partial charge in [0.05, 0.1) is 23.3 Å². The highest BCUT2D eigenvalue weighted by Crippen LogP contribution is 2.27. The van der Waals surface area contributed by atoms with E-state index in [0.29, 0.717) is 35.2 Å². The third-order valence-electron chi connectivity index (χ3n) is 5.50. The zero-order valence-corrected chi connectivity index (χ0v) is 17.5. The Labute approximate surface area is 185 Å². The van der Waals surface area contributed by atoms with Gasteiger partial charge in [-0.15, -0.1) is 0 Å². The Kier molecular flexibility index (Phi) is 5.76. The van der Waals surface area contributed by atoms with E-state index in [0.717, 1.165) is 37.4 Å². The van der Waals surface area contributed by atoms with Gasteiger partial charge in [-0.25, -0.2) is 9.97 Å². The van der Waals surface area contributed by atoms with Crippen LogP contribution in [0.2, 0.25) is 0 Å². The molecule has 1 N–H and O–H groups in total. The summed E-state index contributed by atoms with van der Waals surface area (Å²) in [6.07, 6.45) is 6.98. The van der Waals surface area contributed by atoms with Crippen LogP contribution in [0.5, 0.6) is 5.75 Å². The molecular formula is C24H23N5O3. The largest absolute Gasteiger partial charge is 0.485 e. The number of amides is 1. The first kappa shape index (κ1) is 20.1. The second kappa shape index (κ2) is 9.15. The maximum atomic E-state index is 12.9. The molecule has 0 bridgehead atoms. The van der Waals surface area contributed by atoms with Crippen LogP contribution in [0.25, 0.3) is 11.2 Å². The van der Waals surface area contributed by atoms with Gasteiger partial charge >= 0.3 is 0 Å². The summed E-state index contributed by atoms with van der Waals surface area (Å²) >= 11 is 0. The number of fused-ring (bicyclic) bond motifs is 1. The number of benzene rings is 1. The molecule has 3 aromatic heterocycles. The molecule has 0 saturated carbocycles. The van der Waals surface area contributed by atoms with Gasteiger partial charge in [0.1, 0.15) is 17.9 Å². The quantitative estimate of drug-likeness (QED) is 0.498. The van der Waals surface area contributed by atoms with Crippen molar-refractivity contribution in [1.29, 1.82) is 0 Å². The molecule has 8 nitrogen and oxygen atoms in total.